The van der Waals surface area contributed by atoms with Gasteiger partial charge in [0.25, 0.3) is 0 Å². The zero-order valence-electron chi connectivity index (χ0n) is 13.3. The normalized spacial score (nSPS) is 19.2. The highest BCUT2D eigenvalue weighted by atomic mass is 16.5. The van der Waals surface area contributed by atoms with E-state index in [9.17, 15) is 5.11 Å². The molecular formula is C19H21NO3. The van der Waals surface area contributed by atoms with E-state index >= 15 is 0 Å². The van der Waals surface area contributed by atoms with Gasteiger partial charge in [0, 0.05) is 23.2 Å². The molecule has 0 spiro atoms. The smallest absolute Gasteiger partial charge is 0.213 e. The van der Waals surface area contributed by atoms with E-state index < -0.39 is 0 Å². The second-order valence-corrected chi connectivity index (χ2v) is 6.79. The van der Waals surface area contributed by atoms with Crippen LogP contribution in [0.5, 0.6) is 5.88 Å². The Kier molecular flexibility index (Phi) is 3.58. The van der Waals surface area contributed by atoms with Gasteiger partial charge in [0.2, 0.25) is 5.88 Å². The minimum absolute atomic E-state index is 0.0216. The van der Waals surface area contributed by atoms with E-state index in [1.165, 1.54) is 5.56 Å². The van der Waals surface area contributed by atoms with Crippen LogP contribution in [-0.4, -0.2) is 29.4 Å². The van der Waals surface area contributed by atoms with Gasteiger partial charge in [-0.25, -0.2) is 4.98 Å². The number of ether oxygens (including phenoxy) is 2. The molecule has 1 aliphatic heterocycles. The molecule has 23 heavy (non-hydrogen) atoms. The van der Waals surface area contributed by atoms with Crippen molar-refractivity contribution in [1.29, 1.82) is 0 Å². The molecule has 2 fully saturated rings. The highest BCUT2D eigenvalue weighted by Gasteiger charge is 2.35. The first-order chi connectivity index (χ1) is 11.2. The van der Waals surface area contributed by atoms with Gasteiger partial charge in [0.15, 0.2) is 0 Å². The molecule has 1 N–H and O–H groups in total. The Hall–Kier alpha value is -1.91. The van der Waals surface area contributed by atoms with E-state index in [-0.39, 0.29) is 12.0 Å². The molecule has 2 aliphatic rings. The van der Waals surface area contributed by atoms with Gasteiger partial charge in [-0.2, -0.15) is 0 Å². The molecule has 1 aromatic heterocycles. The molecule has 4 rings (SSSR count). The van der Waals surface area contributed by atoms with Crippen LogP contribution in [0.1, 0.15) is 30.9 Å². The van der Waals surface area contributed by atoms with E-state index in [4.69, 9.17) is 9.47 Å². The number of benzene rings is 1. The van der Waals surface area contributed by atoms with Gasteiger partial charge in [-0.05, 0) is 29.5 Å². The summed E-state index contributed by atoms with van der Waals surface area (Å²) in [5.74, 6) is 0.607. The van der Waals surface area contributed by atoms with Crippen molar-refractivity contribution in [3.8, 4) is 17.0 Å². The zero-order chi connectivity index (χ0) is 15.9. The van der Waals surface area contributed by atoms with Gasteiger partial charge in [-0.15, -0.1) is 0 Å². The molecule has 4 heteroatoms. The number of pyridine rings is 1. The quantitative estimate of drug-likeness (QED) is 0.922. The van der Waals surface area contributed by atoms with Crippen molar-refractivity contribution in [1.82, 2.24) is 4.98 Å². The van der Waals surface area contributed by atoms with Crippen molar-refractivity contribution in [2.45, 2.75) is 37.9 Å². The summed E-state index contributed by atoms with van der Waals surface area (Å²) < 4.78 is 11.0. The Morgan fingerprint density at radius 3 is 2.57 bits per heavy atom. The van der Waals surface area contributed by atoms with Gasteiger partial charge >= 0.3 is 0 Å². The van der Waals surface area contributed by atoms with Crippen LogP contribution in [0.4, 0.5) is 0 Å². The van der Waals surface area contributed by atoms with Gasteiger partial charge in [-0.1, -0.05) is 31.2 Å². The first-order valence-electron chi connectivity index (χ1n) is 8.13. The Bertz CT molecular complexity index is 703. The summed E-state index contributed by atoms with van der Waals surface area (Å²) >= 11 is 0. The maximum Gasteiger partial charge on any atom is 0.213 e. The molecular weight excluding hydrogens is 290 g/mol. The lowest BCUT2D eigenvalue weighted by molar-refractivity contribution is -0.0500. The summed E-state index contributed by atoms with van der Waals surface area (Å²) in [7, 11) is 0. The Morgan fingerprint density at radius 2 is 2.00 bits per heavy atom. The molecule has 1 saturated heterocycles. The Labute approximate surface area is 136 Å². The van der Waals surface area contributed by atoms with E-state index in [0.29, 0.717) is 12.0 Å². The van der Waals surface area contributed by atoms with Crippen molar-refractivity contribution in [2.24, 2.45) is 0 Å². The molecule has 4 nitrogen and oxygen atoms in total. The lowest BCUT2D eigenvalue weighted by Gasteiger charge is -2.38. The average Bonchev–Trinajstić information content (AvgIpc) is 3.37. The fourth-order valence-corrected chi connectivity index (χ4v) is 2.91. The molecule has 1 aromatic carbocycles. The largest absolute Gasteiger partial charge is 0.474 e. The number of hydrogen-bond donors (Lipinski definition) is 1. The van der Waals surface area contributed by atoms with E-state index in [1.807, 2.05) is 6.07 Å². The van der Waals surface area contributed by atoms with Gasteiger partial charge in [0.1, 0.15) is 6.10 Å². The van der Waals surface area contributed by atoms with Crippen molar-refractivity contribution >= 4 is 0 Å². The molecule has 1 aliphatic carbocycles. The third kappa shape index (κ3) is 2.84. The number of aliphatic hydroxyl groups excluding tert-OH is 1. The average molecular weight is 311 g/mol. The molecule has 0 radical (unpaired) electrons. The second kappa shape index (κ2) is 5.62. The summed E-state index contributed by atoms with van der Waals surface area (Å²) in [6, 6.07) is 10.3. The van der Waals surface area contributed by atoms with Crippen LogP contribution < -0.4 is 4.74 Å². The number of hydrogen-bond acceptors (Lipinski definition) is 4. The van der Waals surface area contributed by atoms with Crippen molar-refractivity contribution in [3.05, 3.63) is 47.7 Å². The lowest BCUT2D eigenvalue weighted by atomic mass is 9.80. The van der Waals surface area contributed by atoms with Crippen LogP contribution >= 0.6 is 0 Å². The van der Waals surface area contributed by atoms with E-state index in [1.54, 1.807) is 6.20 Å². The third-order valence-electron chi connectivity index (χ3n) is 4.68. The molecule has 0 atom stereocenters. The maximum absolute atomic E-state index is 9.69. The molecule has 0 unspecified atom stereocenters. The van der Waals surface area contributed by atoms with Crippen LogP contribution in [0, 0.1) is 0 Å². The molecule has 0 amide bonds. The van der Waals surface area contributed by atoms with Gasteiger partial charge in [0.05, 0.1) is 19.8 Å². The van der Waals surface area contributed by atoms with Gasteiger partial charge in [-0.3, -0.25) is 0 Å². The van der Waals surface area contributed by atoms with Crippen LogP contribution in [0.2, 0.25) is 0 Å². The summed E-state index contributed by atoms with van der Waals surface area (Å²) in [6.45, 7) is 3.76. The first-order valence-corrected chi connectivity index (χ1v) is 8.13. The fourth-order valence-electron chi connectivity index (χ4n) is 2.91. The van der Waals surface area contributed by atoms with Crippen molar-refractivity contribution in [2.75, 3.05) is 13.2 Å². The fraction of sp³-hybridized carbons (Fsp3) is 0.421. The van der Waals surface area contributed by atoms with Crippen molar-refractivity contribution < 1.29 is 14.6 Å². The predicted octanol–water partition coefficient (Wildman–Crippen LogP) is 3.07. The van der Waals surface area contributed by atoms with E-state index in [0.717, 1.165) is 42.7 Å². The molecule has 0 bridgehead atoms. The first kappa shape index (κ1) is 14.7. The number of aliphatic hydroxyl groups is 1. The standard InChI is InChI=1S/C19H21NO3/c1-19(11-22-12-19)15-4-2-13(3-5-15)17-9-20-18(8-14(17)10-21)23-16-6-7-16/h2-5,8-9,16,21H,6-7,10-12H2,1H3. The van der Waals surface area contributed by atoms with Crippen LogP contribution in [0.15, 0.2) is 36.5 Å². The summed E-state index contributed by atoms with van der Waals surface area (Å²) in [5, 5.41) is 9.69. The third-order valence-corrected chi connectivity index (χ3v) is 4.68. The summed E-state index contributed by atoms with van der Waals surface area (Å²) in [4.78, 5) is 4.39. The van der Waals surface area contributed by atoms with Crippen LogP contribution in [0.25, 0.3) is 11.1 Å². The Balaban J connectivity index is 1.61. The van der Waals surface area contributed by atoms with Crippen LogP contribution in [0.3, 0.4) is 0 Å². The summed E-state index contributed by atoms with van der Waals surface area (Å²) in [6.07, 6.45) is 4.31. The molecule has 2 aromatic rings. The molecule has 1 saturated carbocycles. The van der Waals surface area contributed by atoms with Crippen molar-refractivity contribution in [3.63, 3.8) is 0 Å². The minimum atomic E-state index is -0.0216. The monoisotopic (exact) mass is 311 g/mol. The number of nitrogens with zero attached hydrogens (tertiary/aromatic N) is 1. The maximum atomic E-state index is 9.69. The highest BCUT2D eigenvalue weighted by Crippen LogP contribution is 2.34. The van der Waals surface area contributed by atoms with E-state index in [2.05, 4.69) is 36.2 Å². The predicted molar refractivity (Wildman–Crippen MR) is 87.4 cm³/mol. The Morgan fingerprint density at radius 1 is 1.26 bits per heavy atom. The summed E-state index contributed by atoms with van der Waals surface area (Å²) in [5.41, 5.74) is 4.30. The topological polar surface area (TPSA) is 51.6 Å². The number of aromatic nitrogens is 1. The zero-order valence-corrected chi connectivity index (χ0v) is 13.3. The number of rotatable bonds is 5. The van der Waals surface area contributed by atoms with Crippen LogP contribution in [-0.2, 0) is 16.8 Å². The SMILES string of the molecule is CC1(c2ccc(-c3cnc(OC4CC4)cc3CO)cc2)COC1. The van der Waals surface area contributed by atoms with Gasteiger partial charge < -0.3 is 14.6 Å². The molecule has 120 valence electrons. The lowest BCUT2D eigenvalue weighted by Crippen LogP contribution is -2.43. The second-order valence-electron chi connectivity index (χ2n) is 6.79. The minimum Gasteiger partial charge on any atom is -0.474 e. The molecule has 2 heterocycles. The highest BCUT2D eigenvalue weighted by molar-refractivity contribution is 5.67.